The summed E-state index contributed by atoms with van der Waals surface area (Å²) in [6, 6.07) is 0. The fraction of sp³-hybridized carbons (Fsp3) is 0.692. The van der Waals surface area contributed by atoms with Crippen molar-refractivity contribution in [1.29, 1.82) is 0 Å². The molecule has 0 aromatic carbocycles. The summed E-state index contributed by atoms with van der Waals surface area (Å²) < 4.78 is 6.49. The maximum Gasteiger partial charge on any atom is 0.316 e. The molecule has 5 nitrogen and oxygen atoms in total. The van der Waals surface area contributed by atoms with Gasteiger partial charge in [-0.25, -0.2) is 0 Å². The Morgan fingerprint density at radius 3 is 2.63 bits per heavy atom. The number of aromatic nitrogens is 2. The van der Waals surface area contributed by atoms with Crippen LogP contribution in [0.15, 0.2) is 5.03 Å². The minimum atomic E-state index is -0.224. The van der Waals surface area contributed by atoms with E-state index >= 15 is 0 Å². The van der Waals surface area contributed by atoms with Gasteiger partial charge < -0.3 is 10.1 Å². The Morgan fingerprint density at radius 2 is 2.11 bits per heavy atom. The largest absolute Gasteiger partial charge is 0.468 e. The molecule has 0 saturated heterocycles. The first-order valence-electron chi connectivity index (χ1n) is 6.21. The van der Waals surface area contributed by atoms with E-state index in [2.05, 4.69) is 35.9 Å². The zero-order valence-electron chi connectivity index (χ0n) is 12.5. The number of methoxy groups -OCH3 is 1. The van der Waals surface area contributed by atoms with Crippen molar-refractivity contribution in [3.05, 3.63) is 11.3 Å². The second-order valence-corrected chi connectivity index (χ2v) is 6.43. The van der Waals surface area contributed by atoms with Gasteiger partial charge in [-0.05, 0) is 27.7 Å². The first-order valence-corrected chi connectivity index (χ1v) is 7.20. The fourth-order valence-corrected chi connectivity index (χ4v) is 2.60. The summed E-state index contributed by atoms with van der Waals surface area (Å²) in [6.07, 6.45) is 0. The van der Waals surface area contributed by atoms with Gasteiger partial charge >= 0.3 is 5.97 Å². The number of ether oxygens (including phenoxy) is 1. The first-order chi connectivity index (χ1) is 8.74. The van der Waals surface area contributed by atoms with Gasteiger partial charge in [0.05, 0.1) is 23.6 Å². The molecule has 0 unspecified atom stereocenters. The lowest BCUT2D eigenvalue weighted by molar-refractivity contribution is -0.137. The highest BCUT2D eigenvalue weighted by Gasteiger charge is 2.17. The van der Waals surface area contributed by atoms with Gasteiger partial charge in [-0.2, -0.15) is 5.10 Å². The third-order valence-electron chi connectivity index (χ3n) is 2.64. The Morgan fingerprint density at radius 1 is 1.47 bits per heavy atom. The molecule has 0 spiro atoms. The van der Waals surface area contributed by atoms with E-state index in [1.807, 2.05) is 18.7 Å². The van der Waals surface area contributed by atoms with Crippen LogP contribution < -0.4 is 5.32 Å². The number of nitrogens with one attached hydrogen (secondary N) is 1. The van der Waals surface area contributed by atoms with Crippen molar-refractivity contribution in [2.75, 3.05) is 12.9 Å². The van der Waals surface area contributed by atoms with E-state index in [0.717, 1.165) is 22.8 Å². The molecule has 0 atom stereocenters. The summed E-state index contributed by atoms with van der Waals surface area (Å²) in [5, 5.41) is 8.88. The van der Waals surface area contributed by atoms with Gasteiger partial charge in [-0.3, -0.25) is 9.48 Å². The highest BCUT2D eigenvalue weighted by molar-refractivity contribution is 7.99. The fourth-order valence-electron chi connectivity index (χ4n) is 1.60. The van der Waals surface area contributed by atoms with Crippen LogP contribution in [0, 0.1) is 6.92 Å². The Bertz CT molecular complexity index is 449. The quantitative estimate of drug-likeness (QED) is 0.661. The van der Waals surface area contributed by atoms with E-state index in [9.17, 15) is 4.79 Å². The van der Waals surface area contributed by atoms with Gasteiger partial charge in [0.25, 0.3) is 0 Å². The number of esters is 1. The number of aryl methyl sites for hydroxylation is 2. The molecule has 0 radical (unpaired) electrons. The zero-order valence-corrected chi connectivity index (χ0v) is 13.3. The van der Waals surface area contributed by atoms with Crippen LogP contribution in [0.25, 0.3) is 0 Å². The van der Waals surface area contributed by atoms with Gasteiger partial charge in [0.15, 0.2) is 0 Å². The predicted octanol–water partition coefficient (Wildman–Crippen LogP) is 1.88. The Kier molecular flexibility index (Phi) is 5.43. The summed E-state index contributed by atoms with van der Waals surface area (Å²) in [4.78, 5) is 11.2. The Balaban J connectivity index is 2.82. The third kappa shape index (κ3) is 4.87. The second-order valence-electron chi connectivity index (χ2n) is 5.46. The number of carbonyl (C=O) groups excluding carboxylic acids is 1. The monoisotopic (exact) mass is 285 g/mol. The SMILES string of the molecule is COC(=O)CSc1c(CNC(C)(C)C)c(C)nn1C. The minimum Gasteiger partial charge on any atom is -0.468 e. The van der Waals surface area contributed by atoms with Crippen LogP contribution in [-0.4, -0.2) is 34.2 Å². The summed E-state index contributed by atoms with van der Waals surface area (Å²) in [7, 11) is 3.30. The van der Waals surface area contributed by atoms with Gasteiger partial charge in [-0.15, -0.1) is 0 Å². The molecule has 0 saturated carbocycles. The molecule has 1 N–H and O–H groups in total. The lowest BCUT2D eigenvalue weighted by atomic mass is 10.1. The van der Waals surface area contributed by atoms with E-state index in [4.69, 9.17) is 0 Å². The topological polar surface area (TPSA) is 56.1 Å². The van der Waals surface area contributed by atoms with Crippen molar-refractivity contribution >= 4 is 17.7 Å². The average Bonchev–Trinajstić information content (AvgIpc) is 2.57. The molecule has 1 rings (SSSR count). The molecule has 0 aliphatic heterocycles. The van der Waals surface area contributed by atoms with Crippen molar-refractivity contribution in [2.24, 2.45) is 7.05 Å². The van der Waals surface area contributed by atoms with Crippen molar-refractivity contribution in [1.82, 2.24) is 15.1 Å². The van der Waals surface area contributed by atoms with Crippen LogP contribution in [0.4, 0.5) is 0 Å². The lowest BCUT2D eigenvalue weighted by Crippen LogP contribution is -2.35. The summed E-state index contributed by atoms with van der Waals surface area (Å²) in [6.45, 7) is 9.11. The summed E-state index contributed by atoms with van der Waals surface area (Å²) in [5.41, 5.74) is 2.19. The number of thioether (sulfide) groups is 1. The normalized spacial score (nSPS) is 11.7. The number of rotatable bonds is 5. The zero-order chi connectivity index (χ0) is 14.6. The van der Waals surface area contributed by atoms with Crippen molar-refractivity contribution < 1.29 is 9.53 Å². The number of hydrogen-bond donors (Lipinski definition) is 1. The van der Waals surface area contributed by atoms with E-state index < -0.39 is 0 Å². The van der Waals surface area contributed by atoms with Gasteiger partial charge in [0.2, 0.25) is 0 Å². The van der Waals surface area contributed by atoms with Gasteiger partial charge in [0, 0.05) is 24.7 Å². The van der Waals surface area contributed by atoms with Crippen LogP contribution in [-0.2, 0) is 23.1 Å². The van der Waals surface area contributed by atoms with Crippen LogP contribution in [0.5, 0.6) is 0 Å². The molecule has 1 heterocycles. The molecule has 0 fully saturated rings. The number of carbonyl (C=O) groups is 1. The summed E-state index contributed by atoms with van der Waals surface area (Å²) >= 11 is 1.46. The van der Waals surface area contributed by atoms with E-state index in [0.29, 0.717) is 5.75 Å². The van der Waals surface area contributed by atoms with Crippen molar-refractivity contribution in [3.8, 4) is 0 Å². The highest BCUT2D eigenvalue weighted by atomic mass is 32.2. The second kappa shape index (κ2) is 6.43. The number of hydrogen-bond acceptors (Lipinski definition) is 5. The Hall–Kier alpha value is -1.01. The van der Waals surface area contributed by atoms with E-state index in [1.165, 1.54) is 18.9 Å². The molecule has 1 aromatic rings. The maximum atomic E-state index is 11.2. The predicted molar refractivity (Wildman–Crippen MR) is 77.3 cm³/mol. The molecule has 19 heavy (non-hydrogen) atoms. The van der Waals surface area contributed by atoms with Gasteiger partial charge in [0.1, 0.15) is 0 Å². The number of nitrogens with zero attached hydrogens (tertiary/aromatic N) is 2. The van der Waals surface area contributed by atoms with E-state index in [-0.39, 0.29) is 11.5 Å². The van der Waals surface area contributed by atoms with Crippen LogP contribution in [0.1, 0.15) is 32.0 Å². The van der Waals surface area contributed by atoms with Crippen LogP contribution in [0.2, 0.25) is 0 Å². The first kappa shape index (κ1) is 16.0. The smallest absolute Gasteiger partial charge is 0.316 e. The summed E-state index contributed by atoms with van der Waals surface area (Å²) in [5.74, 6) is 0.0800. The van der Waals surface area contributed by atoms with E-state index in [1.54, 1.807) is 0 Å². The minimum absolute atomic E-state index is 0.0482. The highest BCUT2D eigenvalue weighted by Crippen LogP contribution is 2.25. The average molecular weight is 285 g/mol. The molecule has 0 aliphatic carbocycles. The standard InChI is InChI=1S/C13H23N3O2S/c1-9-10(7-14-13(2,3)4)12(16(5)15-9)19-8-11(17)18-6/h14H,7-8H2,1-6H3. The molecular weight excluding hydrogens is 262 g/mol. The van der Waals surface area contributed by atoms with Crippen molar-refractivity contribution in [2.45, 2.75) is 44.8 Å². The third-order valence-corrected chi connectivity index (χ3v) is 3.80. The molecule has 0 bridgehead atoms. The molecule has 6 heteroatoms. The lowest BCUT2D eigenvalue weighted by Gasteiger charge is -2.20. The maximum absolute atomic E-state index is 11.2. The molecule has 1 aromatic heterocycles. The molecule has 0 amide bonds. The van der Waals surface area contributed by atoms with Gasteiger partial charge in [-0.1, -0.05) is 11.8 Å². The molecule has 108 valence electrons. The van der Waals surface area contributed by atoms with Crippen molar-refractivity contribution in [3.63, 3.8) is 0 Å². The van der Waals surface area contributed by atoms with Crippen LogP contribution >= 0.6 is 11.8 Å². The van der Waals surface area contributed by atoms with Crippen LogP contribution in [0.3, 0.4) is 0 Å². The molecule has 0 aliphatic rings. The Labute approximate surface area is 119 Å². The molecular formula is C13H23N3O2S.